The molecule has 0 radical (unpaired) electrons. The number of methoxy groups -OCH3 is 1. The van der Waals surface area contributed by atoms with Crippen LogP contribution in [0.3, 0.4) is 0 Å². The standard InChI is InChI=1S/C18H16BrNO4/c1-23-17(21)16(11-14-8-5-9-15(19)10-14)20-18(22)24-12-13-6-3-2-4-7-13/h2-11H,12H2,1H3,(H,20,22)/b16-11-. The number of hydrogen-bond acceptors (Lipinski definition) is 4. The molecule has 2 aromatic carbocycles. The molecule has 0 bridgehead atoms. The van der Waals surface area contributed by atoms with E-state index < -0.39 is 12.1 Å². The monoisotopic (exact) mass is 389 g/mol. The first-order chi connectivity index (χ1) is 11.6. The van der Waals surface area contributed by atoms with Crippen molar-refractivity contribution in [3.8, 4) is 0 Å². The molecule has 2 rings (SSSR count). The normalized spacial score (nSPS) is 10.8. The van der Waals surface area contributed by atoms with Gasteiger partial charge < -0.3 is 9.47 Å². The quantitative estimate of drug-likeness (QED) is 0.622. The molecule has 1 N–H and O–H groups in total. The molecule has 0 unspecified atom stereocenters. The van der Waals surface area contributed by atoms with Crippen LogP contribution >= 0.6 is 15.9 Å². The van der Waals surface area contributed by atoms with Gasteiger partial charge in [0.25, 0.3) is 0 Å². The molecule has 0 fully saturated rings. The van der Waals surface area contributed by atoms with Crippen molar-refractivity contribution in [1.29, 1.82) is 0 Å². The van der Waals surface area contributed by atoms with Gasteiger partial charge in [0.2, 0.25) is 0 Å². The predicted octanol–water partition coefficient (Wildman–Crippen LogP) is 3.89. The van der Waals surface area contributed by atoms with Crippen molar-refractivity contribution >= 4 is 34.1 Å². The summed E-state index contributed by atoms with van der Waals surface area (Å²) >= 11 is 3.35. The summed E-state index contributed by atoms with van der Waals surface area (Å²) in [7, 11) is 1.24. The Morgan fingerprint density at radius 3 is 2.54 bits per heavy atom. The van der Waals surface area contributed by atoms with Gasteiger partial charge in [-0.2, -0.15) is 0 Å². The van der Waals surface area contributed by atoms with E-state index in [1.807, 2.05) is 42.5 Å². The first-order valence-electron chi connectivity index (χ1n) is 7.12. The molecule has 0 spiro atoms. The molecule has 124 valence electrons. The summed E-state index contributed by atoms with van der Waals surface area (Å²) in [6.07, 6.45) is 0.783. The molecule has 1 amide bonds. The first kappa shape index (κ1) is 17.7. The van der Waals surface area contributed by atoms with Crippen LogP contribution in [0, 0.1) is 0 Å². The Kier molecular flexibility index (Phi) is 6.57. The summed E-state index contributed by atoms with van der Waals surface area (Å²) in [6.45, 7) is 0.109. The molecular formula is C18H16BrNO4. The number of carbonyl (C=O) groups excluding carboxylic acids is 2. The Bertz CT molecular complexity index is 744. The third kappa shape index (κ3) is 5.55. The number of nitrogens with one attached hydrogen (secondary N) is 1. The Balaban J connectivity index is 2.05. The van der Waals surface area contributed by atoms with E-state index in [-0.39, 0.29) is 12.3 Å². The minimum atomic E-state index is -0.731. The van der Waals surface area contributed by atoms with E-state index in [2.05, 4.69) is 26.0 Å². The Morgan fingerprint density at radius 1 is 1.12 bits per heavy atom. The summed E-state index contributed by atoms with van der Waals surface area (Å²) in [4.78, 5) is 23.8. The van der Waals surface area contributed by atoms with Crippen LogP contribution < -0.4 is 5.32 Å². The molecule has 0 saturated carbocycles. The number of halogens is 1. The van der Waals surface area contributed by atoms with E-state index in [0.29, 0.717) is 0 Å². The van der Waals surface area contributed by atoms with E-state index in [1.54, 1.807) is 12.1 Å². The summed E-state index contributed by atoms with van der Waals surface area (Å²) < 4.78 is 10.6. The SMILES string of the molecule is COC(=O)/C(=C/c1cccc(Br)c1)NC(=O)OCc1ccccc1. The van der Waals surface area contributed by atoms with Crippen LogP contribution in [0.1, 0.15) is 11.1 Å². The maximum absolute atomic E-state index is 11.9. The number of benzene rings is 2. The second-order valence-corrected chi connectivity index (χ2v) is 5.71. The highest BCUT2D eigenvalue weighted by Gasteiger charge is 2.14. The van der Waals surface area contributed by atoms with Crippen LogP contribution in [0.2, 0.25) is 0 Å². The van der Waals surface area contributed by atoms with E-state index in [1.165, 1.54) is 13.2 Å². The van der Waals surface area contributed by atoms with Crippen molar-refractivity contribution in [2.24, 2.45) is 0 Å². The summed E-state index contributed by atoms with van der Waals surface area (Å²) in [5, 5.41) is 2.42. The zero-order valence-corrected chi connectivity index (χ0v) is 14.6. The Morgan fingerprint density at radius 2 is 1.88 bits per heavy atom. The summed E-state index contributed by atoms with van der Waals surface area (Å²) in [5.41, 5.74) is 1.57. The number of ether oxygens (including phenoxy) is 2. The fourth-order valence-corrected chi connectivity index (χ4v) is 2.31. The van der Waals surface area contributed by atoms with E-state index in [4.69, 9.17) is 4.74 Å². The van der Waals surface area contributed by atoms with E-state index in [0.717, 1.165) is 15.6 Å². The van der Waals surface area contributed by atoms with Crippen molar-refractivity contribution in [2.75, 3.05) is 7.11 Å². The second-order valence-electron chi connectivity index (χ2n) is 4.79. The molecule has 0 atom stereocenters. The number of rotatable bonds is 5. The maximum Gasteiger partial charge on any atom is 0.412 e. The van der Waals surface area contributed by atoms with E-state index in [9.17, 15) is 9.59 Å². The summed E-state index contributed by atoms with van der Waals surface area (Å²) in [6, 6.07) is 16.5. The molecule has 0 aromatic heterocycles. The number of esters is 1. The van der Waals surface area contributed by atoms with Crippen LogP contribution in [0.4, 0.5) is 4.79 Å². The Labute approximate surface area is 148 Å². The lowest BCUT2D eigenvalue weighted by atomic mass is 10.2. The van der Waals surface area contributed by atoms with Crippen LogP contribution in [-0.2, 0) is 20.9 Å². The lowest BCUT2D eigenvalue weighted by Crippen LogP contribution is -2.28. The van der Waals surface area contributed by atoms with Crippen molar-refractivity contribution < 1.29 is 19.1 Å². The van der Waals surface area contributed by atoms with Crippen LogP contribution in [0.15, 0.2) is 64.8 Å². The number of alkyl carbamates (subject to hydrolysis) is 1. The minimum Gasteiger partial charge on any atom is -0.464 e. The van der Waals surface area contributed by atoms with Crippen molar-refractivity contribution in [2.45, 2.75) is 6.61 Å². The number of hydrogen-bond donors (Lipinski definition) is 1. The van der Waals surface area contributed by atoms with Gasteiger partial charge in [0.15, 0.2) is 0 Å². The van der Waals surface area contributed by atoms with Crippen LogP contribution in [-0.4, -0.2) is 19.2 Å². The molecule has 2 aromatic rings. The molecule has 0 aliphatic rings. The van der Waals surface area contributed by atoms with Gasteiger partial charge in [-0.25, -0.2) is 9.59 Å². The van der Waals surface area contributed by atoms with Gasteiger partial charge in [0.1, 0.15) is 12.3 Å². The molecule has 0 heterocycles. The van der Waals surface area contributed by atoms with Crippen LogP contribution in [0.5, 0.6) is 0 Å². The van der Waals surface area contributed by atoms with Crippen molar-refractivity contribution in [3.63, 3.8) is 0 Å². The zero-order valence-electron chi connectivity index (χ0n) is 13.0. The predicted molar refractivity (Wildman–Crippen MR) is 93.9 cm³/mol. The molecule has 0 aliphatic carbocycles. The first-order valence-corrected chi connectivity index (χ1v) is 7.91. The van der Waals surface area contributed by atoms with Gasteiger partial charge in [-0.3, -0.25) is 5.32 Å². The van der Waals surface area contributed by atoms with E-state index >= 15 is 0 Å². The Hall–Kier alpha value is -2.60. The topological polar surface area (TPSA) is 64.6 Å². The van der Waals surface area contributed by atoms with Gasteiger partial charge in [-0.15, -0.1) is 0 Å². The smallest absolute Gasteiger partial charge is 0.412 e. The molecule has 0 saturated heterocycles. The lowest BCUT2D eigenvalue weighted by Gasteiger charge is -2.09. The molecule has 5 nitrogen and oxygen atoms in total. The number of carbonyl (C=O) groups is 2. The van der Waals surface area contributed by atoms with Crippen molar-refractivity contribution in [1.82, 2.24) is 5.32 Å². The average molecular weight is 390 g/mol. The molecular weight excluding hydrogens is 374 g/mol. The number of amides is 1. The fourth-order valence-electron chi connectivity index (χ4n) is 1.89. The highest BCUT2D eigenvalue weighted by atomic mass is 79.9. The minimum absolute atomic E-state index is 0.00587. The van der Waals surface area contributed by atoms with Gasteiger partial charge in [0.05, 0.1) is 7.11 Å². The summed E-state index contributed by atoms with van der Waals surface area (Å²) in [5.74, 6) is -0.661. The second kappa shape index (κ2) is 8.88. The zero-order chi connectivity index (χ0) is 17.4. The average Bonchev–Trinajstić information content (AvgIpc) is 2.59. The van der Waals surface area contributed by atoms with Crippen molar-refractivity contribution in [3.05, 3.63) is 75.9 Å². The lowest BCUT2D eigenvalue weighted by molar-refractivity contribution is -0.136. The maximum atomic E-state index is 11.9. The van der Waals surface area contributed by atoms with Gasteiger partial charge in [0, 0.05) is 4.47 Å². The highest BCUT2D eigenvalue weighted by molar-refractivity contribution is 9.10. The molecule has 0 aliphatic heterocycles. The largest absolute Gasteiger partial charge is 0.464 e. The fraction of sp³-hybridized carbons (Fsp3) is 0.111. The third-order valence-electron chi connectivity index (χ3n) is 3.01. The molecule has 6 heteroatoms. The van der Waals surface area contributed by atoms with Gasteiger partial charge in [-0.05, 0) is 29.3 Å². The highest BCUT2D eigenvalue weighted by Crippen LogP contribution is 2.14. The van der Waals surface area contributed by atoms with Gasteiger partial charge >= 0.3 is 12.1 Å². The molecule has 24 heavy (non-hydrogen) atoms. The third-order valence-corrected chi connectivity index (χ3v) is 3.51. The van der Waals surface area contributed by atoms with Crippen LogP contribution in [0.25, 0.3) is 6.08 Å². The van der Waals surface area contributed by atoms with Gasteiger partial charge in [-0.1, -0.05) is 58.4 Å².